The molecule has 0 aliphatic rings. The van der Waals surface area contributed by atoms with Gasteiger partial charge in [-0.05, 0) is 44.5 Å². The number of pyridine rings is 1. The number of anilines is 1. The van der Waals surface area contributed by atoms with Gasteiger partial charge in [-0.2, -0.15) is 0 Å². The van der Waals surface area contributed by atoms with Crippen LogP contribution in [0.3, 0.4) is 0 Å². The van der Waals surface area contributed by atoms with Crippen molar-refractivity contribution < 1.29 is 9.53 Å². The number of halogens is 2. The number of carbonyl (C=O) groups is 1. The van der Waals surface area contributed by atoms with E-state index in [1.165, 1.54) is 0 Å². The molecule has 0 aliphatic heterocycles. The minimum absolute atomic E-state index is 0.236. The van der Waals surface area contributed by atoms with Crippen LogP contribution in [-0.4, -0.2) is 16.7 Å². The quantitative estimate of drug-likeness (QED) is 0.588. The Morgan fingerprint density at radius 3 is 2.71 bits per heavy atom. The van der Waals surface area contributed by atoms with Crippen LogP contribution in [0, 0.1) is 0 Å². The molecule has 0 radical (unpaired) electrons. The Hall–Kier alpha value is -1.33. The molecule has 1 amide bonds. The Bertz CT molecular complexity index is 683. The zero-order valence-corrected chi connectivity index (χ0v) is 14.4. The monoisotopic (exact) mass is 370 g/mol. The summed E-state index contributed by atoms with van der Waals surface area (Å²) in [6.07, 6.45) is -0.554. The largest absolute Gasteiger partial charge is 0.444 e. The topological polar surface area (TPSA) is 51.2 Å². The fourth-order valence-electron chi connectivity index (χ4n) is 1.79. The van der Waals surface area contributed by atoms with Crippen LogP contribution < -0.4 is 5.32 Å². The van der Waals surface area contributed by atoms with Gasteiger partial charge in [-0.15, -0.1) is 0 Å². The first kappa shape index (κ1) is 16.0. The van der Waals surface area contributed by atoms with Crippen LogP contribution in [0.25, 0.3) is 10.9 Å². The highest BCUT2D eigenvalue weighted by atomic mass is 79.9. The Morgan fingerprint density at radius 1 is 1.38 bits per heavy atom. The second kappa shape index (κ2) is 6.20. The van der Waals surface area contributed by atoms with E-state index in [2.05, 4.69) is 26.2 Å². The molecule has 0 saturated heterocycles. The Kier molecular flexibility index (Phi) is 4.74. The van der Waals surface area contributed by atoms with Crippen LogP contribution in [0.2, 0.25) is 5.15 Å². The van der Waals surface area contributed by atoms with Gasteiger partial charge in [-0.3, -0.25) is 5.32 Å². The lowest BCUT2D eigenvalue weighted by atomic mass is 10.1. The molecule has 0 bridgehead atoms. The van der Waals surface area contributed by atoms with Crippen LogP contribution in [0.5, 0.6) is 0 Å². The van der Waals surface area contributed by atoms with Gasteiger partial charge in [0.25, 0.3) is 0 Å². The Labute approximate surface area is 137 Å². The number of nitrogens with one attached hydrogen (secondary N) is 1. The van der Waals surface area contributed by atoms with Gasteiger partial charge < -0.3 is 4.74 Å². The number of hydrogen-bond donors (Lipinski definition) is 1. The van der Waals surface area contributed by atoms with Gasteiger partial charge in [0.2, 0.25) is 0 Å². The number of ether oxygens (including phenoxy) is 1. The Morgan fingerprint density at radius 2 is 2.10 bits per heavy atom. The van der Waals surface area contributed by atoms with Crippen molar-refractivity contribution >= 4 is 50.2 Å². The summed E-state index contributed by atoms with van der Waals surface area (Å²) in [6, 6.07) is 7.66. The highest BCUT2D eigenvalue weighted by Crippen LogP contribution is 2.26. The summed E-state index contributed by atoms with van der Waals surface area (Å²) in [4.78, 5) is 16.1. The SMILES string of the molecule is CC(C)(C)OC(=O)Nc1cc2cc(CBr)ccc2nc1Cl. The molecule has 1 N–H and O–H groups in total. The van der Waals surface area contributed by atoms with E-state index in [9.17, 15) is 4.79 Å². The third kappa shape index (κ3) is 4.32. The number of benzene rings is 1. The number of nitrogens with zero attached hydrogens (tertiary/aromatic N) is 1. The van der Waals surface area contributed by atoms with E-state index < -0.39 is 11.7 Å². The summed E-state index contributed by atoms with van der Waals surface area (Å²) in [5.74, 6) is 0. The summed E-state index contributed by atoms with van der Waals surface area (Å²) in [6.45, 7) is 5.40. The average Bonchev–Trinajstić information content (AvgIpc) is 2.37. The number of amides is 1. The number of fused-ring (bicyclic) bond motifs is 1. The molecule has 0 fully saturated rings. The first-order valence-electron chi connectivity index (χ1n) is 6.43. The third-order valence-electron chi connectivity index (χ3n) is 2.62. The van der Waals surface area contributed by atoms with Gasteiger partial charge in [0.1, 0.15) is 5.60 Å². The Balaban J connectivity index is 2.31. The van der Waals surface area contributed by atoms with Crippen molar-refractivity contribution in [1.29, 1.82) is 0 Å². The van der Waals surface area contributed by atoms with Crippen molar-refractivity contribution in [3.05, 3.63) is 35.0 Å². The van der Waals surface area contributed by atoms with Gasteiger partial charge >= 0.3 is 6.09 Å². The number of carbonyl (C=O) groups excluding carboxylic acids is 1. The molecule has 2 aromatic rings. The molecular weight excluding hydrogens is 356 g/mol. The predicted molar refractivity (Wildman–Crippen MR) is 89.2 cm³/mol. The molecule has 0 aliphatic carbocycles. The van der Waals surface area contributed by atoms with E-state index in [1.807, 2.05) is 18.2 Å². The van der Waals surface area contributed by atoms with E-state index in [0.29, 0.717) is 5.69 Å². The van der Waals surface area contributed by atoms with E-state index in [4.69, 9.17) is 16.3 Å². The maximum atomic E-state index is 11.8. The van der Waals surface area contributed by atoms with Crippen LogP contribution in [0.15, 0.2) is 24.3 Å². The normalized spacial score (nSPS) is 11.5. The maximum Gasteiger partial charge on any atom is 0.412 e. The lowest BCUT2D eigenvalue weighted by Gasteiger charge is -2.20. The molecule has 21 heavy (non-hydrogen) atoms. The predicted octanol–water partition coefficient (Wildman–Crippen LogP) is 5.13. The molecule has 0 spiro atoms. The lowest BCUT2D eigenvalue weighted by molar-refractivity contribution is 0.0636. The highest BCUT2D eigenvalue weighted by Gasteiger charge is 2.17. The molecule has 4 nitrogen and oxygen atoms in total. The number of aromatic nitrogens is 1. The molecule has 1 heterocycles. The van der Waals surface area contributed by atoms with Gasteiger partial charge in [0.15, 0.2) is 5.15 Å². The van der Waals surface area contributed by atoms with Crippen molar-refractivity contribution in [2.45, 2.75) is 31.7 Å². The number of hydrogen-bond acceptors (Lipinski definition) is 3. The van der Waals surface area contributed by atoms with E-state index in [1.54, 1.807) is 26.8 Å². The van der Waals surface area contributed by atoms with Crippen LogP contribution in [0.1, 0.15) is 26.3 Å². The van der Waals surface area contributed by atoms with Crippen molar-refractivity contribution in [2.75, 3.05) is 5.32 Å². The maximum absolute atomic E-state index is 11.8. The molecule has 0 atom stereocenters. The average molecular weight is 372 g/mol. The molecule has 112 valence electrons. The van der Waals surface area contributed by atoms with Crippen LogP contribution >= 0.6 is 27.5 Å². The minimum Gasteiger partial charge on any atom is -0.444 e. The van der Waals surface area contributed by atoms with E-state index in [-0.39, 0.29) is 5.15 Å². The zero-order valence-electron chi connectivity index (χ0n) is 12.0. The molecule has 0 unspecified atom stereocenters. The van der Waals surface area contributed by atoms with Crippen LogP contribution in [0.4, 0.5) is 10.5 Å². The standard InChI is InChI=1S/C15H16BrClN2O2/c1-15(2,3)21-14(20)19-12-7-10-6-9(8-16)4-5-11(10)18-13(12)17/h4-7H,8H2,1-3H3,(H,19,20). The fourth-order valence-corrected chi connectivity index (χ4v) is 2.33. The molecule has 6 heteroatoms. The summed E-state index contributed by atoms with van der Waals surface area (Å²) < 4.78 is 5.21. The molecule has 1 aromatic carbocycles. The third-order valence-corrected chi connectivity index (χ3v) is 3.56. The smallest absolute Gasteiger partial charge is 0.412 e. The minimum atomic E-state index is -0.566. The zero-order chi connectivity index (χ0) is 15.6. The van der Waals surface area contributed by atoms with E-state index in [0.717, 1.165) is 21.8 Å². The van der Waals surface area contributed by atoms with Crippen molar-refractivity contribution in [1.82, 2.24) is 4.98 Å². The summed E-state index contributed by atoms with van der Waals surface area (Å²) in [7, 11) is 0. The number of alkyl halides is 1. The molecule has 0 saturated carbocycles. The van der Waals surface area contributed by atoms with Crippen molar-refractivity contribution in [3.8, 4) is 0 Å². The van der Waals surface area contributed by atoms with Crippen LogP contribution in [-0.2, 0) is 10.1 Å². The highest BCUT2D eigenvalue weighted by molar-refractivity contribution is 9.08. The van der Waals surface area contributed by atoms with Gasteiger partial charge in [-0.1, -0.05) is 33.6 Å². The van der Waals surface area contributed by atoms with E-state index >= 15 is 0 Å². The second-order valence-electron chi connectivity index (χ2n) is 5.61. The van der Waals surface area contributed by atoms with Gasteiger partial charge in [0.05, 0.1) is 11.2 Å². The second-order valence-corrected chi connectivity index (χ2v) is 6.53. The molecule has 2 rings (SSSR count). The number of rotatable bonds is 2. The summed E-state index contributed by atoms with van der Waals surface area (Å²) >= 11 is 9.51. The first-order chi connectivity index (χ1) is 9.78. The van der Waals surface area contributed by atoms with Crippen molar-refractivity contribution in [2.24, 2.45) is 0 Å². The lowest BCUT2D eigenvalue weighted by Crippen LogP contribution is -2.27. The molecule has 1 aromatic heterocycles. The fraction of sp³-hybridized carbons (Fsp3) is 0.333. The van der Waals surface area contributed by atoms with Crippen molar-refractivity contribution in [3.63, 3.8) is 0 Å². The summed E-state index contributed by atoms with van der Waals surface area (Å²) in [5, 5.41) is 4.52. The first-order valence-corrected chi connectivity index (χ1v) is 7.93. The van der Waals surface area contributed by atoms with Gasteiger partial charge in [-0.25, -0.2) is 9.78 Å². The molecular formula is C15H16BrClN2O2. The van der Waals surface area contributed by atoms with Gasteiger partial charge in [0, 0.05) is 10.7 Å². The summed E-state index contributed by atoms with van der Waals surface area (Å²) in [5.41, 5.74) is 1.77.